The summed E-state index contributed by atoms with van der Waals surface area (Å²) in [6.07, 6.45) is 0.884. The third kappa shape index (κ3) is 3.87. The van der Waals surface area contributed by atoms with Crippen LogP contribution >= 0.6 is 22.6 Å². The fourth-order valence-corrected chi connectivity index (χ4v) is 2.52. The van der Waals surface area contributed by atoms with E-state index in [0.29, 0.717) is 0 Å². The lowest BCUT2D eigenvalue weighted by Crippen LogP contribution is -2.22. The quantitative estimate of drug-likeness (QED) is 0.633. The molecule has 1 nitrogen and oxygen atoms in total. The second kappa shape index (κ2) is 6.35. The maximum absolute atomic E-state index is 13.0. The Bertz CT molecular complexity index is 376. The van der Waals surface area contributed by atoms with Crippen molar-refractivity contribution in [1.29, 1.82) is 0 Å². The molecule has 88 valence electrons. The Morgan fingerprint density at radius 1 is 1.56 bits per heavy atom. The van der Waals surface area contributed by atoms with Crippen molar-refractivity contribution in [3.05, 3.63) is 45.3 Å². The van der Waals surface area contributed by atoms with Crippen LogP contribution in [0.1, 0.15) is 31.9 Å². The monoisotopic (exact) mass is 333 g/mol. The molecule has 0 aromatic heterocycles. The first-order valence-electron chi connectivity index (χ1n) is 5.37. The Morgan fingerprint density at radius 2 is 2.25 bits per heavy atom. The van der Waals surface area contributed by atoms with Crippen LogP contribution in [-0.4, -0.2) is 6.54 Å². The van der Waals surface area contributed by atoms with Gasteiger partial charge in [0.15, 0.2) is 0 Å². The van der Waals surface area contributed by atoms with Crippen molar-refractivity contribution in [3.8, 4) is 0 Å². The summed E-state index contributed by atoms with van der Waals surface area (Å²) in [5.41, 5.74) is 2.28. The summed E-state index contributed by atoms with van der Waals surface area (Å²) >= 11 is 2.18. The van der Waals surface area contributed by atoms with Crippen LogP contribution in [0.4, 0.5) is 4.39 Å². The van der Waals surface area contributed by atoms with E-state index in [9.17, 15) is 4.39 Å². The number of hydrogen-bond acceptors (Lipinski definition) is 1. The highest BCUT2D eigenvalue weighted by Gasteiger charge is 2.13. The molecule has 0 radical (unpaired) electrons. The molecule has 0 aliphatic carbocycles. The van der Waals surface area contributed by atoms with Crippen LogP contribution in [0.2, 0.25) is 0 Å². The molecule has 0 amide bonds. The molecule has 1 aromatic carbocycles. The zero-order valence-electron chi connectivity index (χ0n) is 9.69. The third-order valence-corrected chi connectivity index (χ3v) is 3.28. The summed E-state index contributed by atoms with van der Waals surface area (Å²) in [4.78, 5) is 0. The van der Waals surface area contributed by atoms with Crippen LogP contribution in [0, 0.1) is 9.39 Å². The first-order chi connectivity index (χ1) is 7.54. The first-order valence-corrected chi connectivity index (χ1v) is 6.45. The van der Waals surface area contributed by atoms with Gasteiger partial charge < -0.3 is 5.32 Å². The number of benzene rings is 1. The normalized spacial score (nSPS) is 12.5. The topological polar surface area (TPSA) is 12.0 Å². The van der Waals surface area contributed by atoms with Crippen molar-refractivity contribution in [2.45, 2.75) is 26.3 Å². The first kappa shape index (κ1) is 13.6. The number of nitrogens with one attached hydrogen (secondary N) is 1. The molecule has 0 aliphatic rings. The molecule has 1 rings (SSSR count). The van der Waals surface area contributed by atoms with Gasteiger partial charge in [-0.1, -0.05) is 18.6 Å². The highest BCUT2D eigenvalue weighted by molar-refractivity contribution is 14.1. The highest BCUT2D eigenvalue weighted by atomic mass is 127. The summed E-state index contributed by atoms with van der Waals surface area (Å²) in [6, 6.07) is 5.17. The Balaban J connectivity index is 2.95. The molecule has 0 bridgehead atoms. The minimum absolute atomic E-state index is 0.182. The summed E-state index contributed by atoms with van der Waals surface area (Å²) in [6.45, 7) is 8.91. The molecule has 0 spiro atoms. The van der Waals surface area contributed by atoms with E-state index < -0.39 is 0 Å². The molecule has 1 aromatic rings. The zero-order valence-corrected chi connectivity index (χ0v) is 11.8. The molecule has 3 heteroatoms. The van der Waals surface area contributed by atoms with E-state index in [1.165, 1.54) is 6.07 Å². The van der Waals surface area contributed by atoms with Crippen molar-refractivity contribution in [1.82, 2.24) is 5.32 Å². The van der Waals surface area contributed by atoms with E-state index in [1.807, 2.05) is 13.0 Å². The standard InChI is InChI=1S/C13H17FIN/c1-4-16-13(7-9(2)3)11-6-5-10(14)8-12(11)15/h5-6,8,13,16H,2,4,7H2,1,3H3. The predicted octanol–water partition coefficient (Wildman–Crippen LogP) is 4.05. The van der Waals surface area contributed by atoms with Crippen molar-refractivity contribution in [2.75, 3.05) is 6.54 Å². The predicted molar refractivity (Wildman–Crippen MR) is 75.0 cm³/mol. The van der Waals surface area contributed by atoms with Gasteiger partial charge in [0, 0.05) is 9.61 Å². The van der Waals surface area contributed by atoms with Gasteiger partial charge in [-0.25, -0.2) is 4.39 Å². The number of hydrogen-bond donors (Lipinski definition) is 1. The van der Waals surface area contributed by atoms with Crippen LogP contribution in [0.5, 0.6) is 0 Å². The van der Waals surface area contributed by atoms with Gasteiger partial charge in [-0.3, -0.25) is 0 Å². The average Bonchev–Trinajstić information content (AvgIpc) is 2.16. The molecular weight excluding hydrogens is 316 g/mol. The van der Waals surface area contributed by atoms with Crippen molar-refractivity contribution >= 4 is 22.6 Å². The molecule has 0 fully saturated rings. The fraction of sp³-hybridized carbons (Fsp3) is 0.385. The van der Waals surface area contributed by atoms with Crippen LogP contribution in [0.25, 0.3) is 0 Å². The lowest BCUT2D eigenvalue weighted by molar-refractivity contribution is 0.543. The summed E-state index contributed by atoms with van der Waals surface area (Å²) < 4.78 is 14.0. The minimum Gasteiger partial charge on any atom is -0.310 e. The second-order valence-corrected chi connectivity index (χ2v) is 5.10. The Kier molecular flexibility index (Phi) is 5.41. The van der Waals surface area contributed by atoms with Gasteiger partial charge >= 0.3 is 0 Å². The van der Waals surface area contributed by atoms with E-state index in [1.54, 1.807) is 6.07 Å². The number of rotatable bonds is 5. The second-order valence-electron chi connectivity index (χ2n) is 3.94. The molecule has 0 heterocycles. The smallest absolute Gasteiger partial charge is 0.124 e. The molecule has 16 heavy (non-hydrogen) atoms. The number of halogens is 2. The Hall–Kier alpha value is -0.420. The average molecular weight is 333 g/mol. The van der Waals surface area contributed by atoms with Gasteiger partial charge in [-0.2, -0.15) is 0 Å². The van der Waals surface area contributed by atoms with Crippen molar-refractivity contribution < 1.29 is 4.39 Å². The molecule has 1 atom stereocenters. The minimum atomic E-state index is -0.182. The van der Waals surface area contributed by atoms with E-state index in [0.717, 1.165) is 27.7 Å². The van der Waals surface area contributed by atoms with Crippen LogP contribution in [-0.2, 0) is 0 Å². The van der Waals surface area contributed by atoms with Crippen LogP contribution in [0.3, 0.4) is 0 Å². The van der Waals surface area contributed by atoms with Gasteiger partial charge in [-0.15, -0.1) is 6.58 Å². The maximum atomic E-state index is 13.0. The van der Waals surface area contributed by atoms with Crippen molar-refractivity contribution in [2.24, 2.45) is 0 Å². The fourth-order valence-electron chi connectivity index (χ4n) is 1.67. The maximum Gasteiger partial charge on any atom is 0.124 e. The van der Waals surface area contributed by atoms with E-state index in [4.69, 9.17) is 0 Å². The molecule has 0 saturated carbocycles. The molecule has 0 saturated heterocycles. The van der Waals surface area contributed by atoms with Crippen molar-refractivity contribution in [3.63, 3.8) is 0 Å². The largest absolute Gasteiger partial charge is 0.310 e. The molecule has 0 aliphatic heterocycles. The summed E-state index contributed by atoms with van der Waals surface area (Å²) in [5.74, 6) is -0.182. The van der Waals surface area contributed by atoms with Gasteiger partial charge in [0.1, 0.15) is 5.82 Å². The van der Waals surface area contributed by atoms with E-state index in [-0.39, 0.29) is 11.9 Å². The molecular formula is C13H17FIN. The zero-order chi connectivity index (χ0) is 12.1. The Labute approximate surface area is 110 Å². The van der Waals surface area contributed by atoms with Gasteiger partial charge in [0.25, 0.3) is 0 Å². The molecule has 1 unspecified atom stereocenters. The van der Waals surface area contributed by atoms with Gasteiger partial charge in [-0.05, 0) is 60.2 Å². The van der Waals surface area contributed by atoms with Crippen LogP contribution in [0.15, 0.2) is 30.4 Å². The van der Waals surface area contributed by atoms with E-state index in [2.05, 4.69) is 41.4 Å². The van der Waals surface area contributed by atoms with Gasteiger partial charge in [0.05, 0.1) is 0 Å². The van der Waals surface area contributed by atoms with Gasteiger partial charge in [0.2, 0.25) is 0 Å². The Morgan fingerprint density at radius 3 is 2.75 bits per heavy atom. The van der Waals surface area contributed by atoms with Crippen LogP contribution < -0.4 is 5.32 Å². The highest BCUT2D eigenvalue weighted by Crippen LogP contribution is 2.25. The van der Waals surface area contributed by atoms with E-state index >= 15 is 0 Å². The summed E-state index contributed by atoms with van der Waals surface area (Å²) in [7, 11) is 0. The SMILES string of the molecule is C=C(C)CC(NCC)c1ccc(F)cc1I. The third-order valence-electron chi connectivity index (χ3n) is 2.34. The summed E-state index contributed by atoms with van der Waals surface area (Å²) in [5, 5.41) is 3.40. The lowest BCUT2D eigenvalue weighted by atomic mass is 10.0. The lowest BCUT2D eigenvalue weighted by Gasteiger charge is -2.19. The molecule has 1 N–H and O–H groups in total.